The highest BCUT2D eigenvalue weighted by Crippen LogP contribution is 2.33. The minimum absolute atomic E-state index is 0.292. The number of carbonyl (C=O) groups excluding carboxylic acids is 1. The SMILES string of the molecule is CC(C)(C#N)NC(=O)C(CS(=O)(=O)Cc1cccnc1)N[C@H](c1ccc(F)cc1)C(F)(F)F. The Morgan fingerprint density at radius 2 is 1.82 bits per heavy atom. The van der Waals surface area contributed by atoms with Crippen molar-refractivity contribution in [1.82, 2.24) is 15.6 Å². The van der Waals surface area contributed by atoms with E-state index in [0.29, 0.717) is 5.56 Å². The van der Waals surface area contributed by atoms with Gasteiger partial charge in [-0.05, 0) is 43.2 Å². The van der Waals surface area contributed by atoms with Gasteiger partial charge in [0.2, 0.25) is 5.91 Å². The van der Waals surface area contributed by atoms with Crippen molar-refractivity contribution in [2.45, 2.75) is 43.4 Å². The Morgan fingerprint density at radius 1 is 1.18 bits per heavy atom. The van der Waals surface area contributed by atoms with Crippen LogP contribution in [-0.4, -0.2) is 42.8 Å². The molecule has 2 rings (SSSR count). The molecule has 0 bridgehead atoms. The molecule has 2 aromatic rings. The summed E-state index contributed by atoms with van der Waals surface area (Å²) >= 11 is 0. The van der Waals surface area contributed by atoms with Crippen molar-refractivity contribution in [3.63, 3.8) is 0 Å². The third-order valence-electron chi connectivity index (χ3n) is 4.46. The molecule has 0 spiro atoms. The minimum atomic E-state index is -4.94. The molecule has 7 nitrogen and oxygen atoms in total. The van der Waals surface area contributed by atoms with Gasteiger partial charge in [-0.3, -0.25) is 15.1 Å². The Hall–Kier alpha value is -3.04. The molecule has 178 valence electrons. The van der Waals surface area contributed by atoms with Gasteiger partial charge in [-0.25, -0.2) is 12.8 Å². The minimum Gasteiger partial charge on any atom is -0.337 e. The van der Waals surface area contributed by atoms with E-state index in [-0.39, 0.29) is 0 Å². The van der Waals surface area contributed by atoms with Gasteiger partial charge in [-0.15, -0.1) is 0 Å². The van der Waals surface area contributed by atoms with Crippen LogP contribution in [0.25, 0.3) is 0 Å². The van der Waals surface area contributed by atoms with Crippen LogP contribution in [0.3, 0.4) is 0 Å². The third-order valence-corrected chi connectivity index (χ3v) is 6.07. The molecule has 0 aliphatic rings. The molecule has 0 aliphatic heterocycles. The fourth-order valence-electron chi connectivity index (χ4n) is 2.91. The zero-order valence-corrected chi connectivity index (χ0v) is 18.5. The van der Waals surface area contributed by atoms with Crippen molar-refractivity contribution in [2.75, 3.05) is 5.75 Å². The number of aromatic nitrogens is 1. The molecule has 0 fully saturated rings. The van der Waals surface area contributed by atoms with Gasteiger partial charge in [-0.1, -0.05) is 18.2 Å². The molecule has 0 aliphatic carbocycles. The van der Waals surface area contributed by atoms with E-state index < -0.39 is 62.4 Å². The monoisotopic (exact) mass is 486 g/mol. The number of nitrogens with zero attached hydrogens (tertiary/aromatic N) is 2. The van der Waals surface area contributed by atoms with Gasteiger partial charge in [0.15, 0.2) is 9.84 Å². The molecule has 33 heavy (non-hydrogen) atoms. The molecule has 1 aromatic heterocycles. The topological polar surface area (TPSA) is 112 Å². The van der Waals surface area contributed by atoms with Gasteiger partial charge < -0.3 is 5.32 Å². The molecular formula is C21H22F4N4O3S. The first-order valence-corrected chi connectivity index (χ1v) is 11.5. The standard InChI is InChI=1S/C21H22F4N4O3S/c1-20(2,13-26)29-19(30)17(12-33(31,32)11-14-4-3-9-27-10-14)28-18(21(23,24)25)15-5-7-16(22)8-6-15/h3-10,17-18,28H,11-12H2,1-2H3,(H,29,30)/t17?,18-/m1/s1. The molecule has 1 aromatic carbocycles. The quantitative estimate of drug-likeness (QED) is 0.528. The Kier molecular flexibility index (Phi) is 8.16. The van der Waals surface area contributed by atoms with Crippen LogP contribution in [-0.2, 0) is 20.4 Å². The van der Waals surface area contributed by atoms with Gasteiger partial charge in [0, 0.05) is 12.4 Å². The van der Waals surface area contributed by atoms with Crippen LogP contribution in [0.4, 0.5) is 17.6 Å². The average molecular weight is 486 g/mol. The fourth-order valence-corrected chi connectivity index (χ4v) is 4.46. The number of halogens is 4. The predicted octanol–water partition coefficient (Wildman–Crippen LogP) is 2.82. The van der Waals surface area contributed by atoms with E-state index in [2.05, 4.69) is 15.6 Å². The van der Waals surface area contributed by atoms with Crippen LogP contribution in [0.2, 0.25) is 0 Å². The molecule has 1 heterocycles. The van der Waals surface area contributed by atoms with E-state index >= 15 is 0 Å². The Labute approximate surface area is 188 Å². The second kappa shape index (κ2) is 10.3. The molecule has 1 amide bonds. The van der Waals surface area contributed by atoms with E-state index in [1.165, 1.54) is 38.4 Å². The van der Waals surface area contributed by atoms with Crippen LogP contribution in [0.5, 0.6) is 0 Å². The molecular weight excluding hydrogens is 464 g/mol. The molecule has 0 saturated heterocycles. The van der Waals surface area contributed by atoms with Gasteiger partial charge >= 0.3 is 6.18 Å². The number of nitrogens with one attached hydrogen (secondary N) is 2. The summed E-state index contributed by atoms with van der Waals surface area (Å²) < 4.78 is 80.1. The van der Waals surface area contributed by atoms with Crippen LogP contribution >= 0.6 is 0 Å². The number of amides is 1. The lowest BCUT2D eigenvalue weighted by atomic mass is 10.0. The highest BCUT2D eigenvalue weighted by Gasteiger charge is 2.44. The largest absolute Gasteiger partial charge is 0.407 e. The number of nitriles is 1. The zero-order chi connectivity index (χ0) is 24.9. The molecule has 0 saturated carbocycles. The number of hydrogen-bond donors (Lipinski definition) is 2. The first kappa shape index (κ1) is 26.2. The van der Waals surface area contributed by atoms with E-state index in [1.807, 2.05) is 0 Å². The summed E-state index contributed by atoms with van der Waals surface area (Å²) in [5.74, 6) is -3.40. The first-order chi connectivity index (χ1) is 15.2. The van der Waals surface area contributed by atoms with Crippen LogP contribution in [0.1, 0.15) is 31.0 Å². The number of hydrogen-bond acceptors (Lipinski definition) is 6. The summed E-state index contributed by atoms with van der Waals surface area (Å²) in [5, 5.41) is 13.4. The van der Waals surface area contributed by atoms with Crippen molar-refractivity contribution in [1.29, 1.82) is 5.26 Å². The van der Waals surface area contributed by atoms with Gasteiger partial charge in [0.1, 0.15) is 23.4 Å². The second-order valence-corrected chi connectivity index (χ2v) is 10.00. The van der Waals surface area contributed by atoms with Crippen molar-refractivity contribution in [3.8, 4) is 6.07 Å². The van der Waals surface area contributed by atoms with E-state index in [9.17, 15) is 30.8 Å². The molecule has 1 unspecified atom stereocenters. The summed E-state index contributed by atoms with van der Waals surface area (Å²) in [6.07, 6.45) is -2.22. The fraction of sp³-hybridized carbons (Fsp3) is 0.381. The first-order valence-electron chi connectivity index (χ1n) is 9.63. The maximum Gasteiger partial charge on any atom is 0.407 e. The summed E-state index contributed by atoms with van der Waals surface area (Å²) in [6, 6.07) is 3.83. The van der Waals surface area contributed by atoms with Crippen molar-refractivity contribution < 1.29 is 30.8 Å². The molecule has 12 heteroatoms. The lowest BCUT2D eigenvalue weighted by molar-refractivity contribution is -0.160. The lowest BCUT2D eigenvalue weighted by Crippen LogP contribution is -2.56. The molecule has 2 N–H and O–H groups in total. The Bertz CT molecular complexity index is 1100. The normalized spacial score (nSPS) is 14.2. The zero-order valence-electron chi connectivity index (χ0n) is 17.7. The summed E-state index contributed by atoms with van der Waals surface area (Å²) in [4.78, 5) is 16.6. The Morgan fingerprint density at radius 3 is 2.33 bits per heavy atom. The third kappa shape index (κ3) is 8.11. The van der Waals surface area contributed by atoms with Crippen molar-refractivity contribution >= 4 is 15.7 Å². The number of alkyl halides is 3. The summed E-state index contributed by atoms with van der Waals surface area (Å²) in [7, 11) is -4.09. The van der Waals surface area contributed by atoms with Gasteiger partial charge in [0.05, 0.1) is 17.6 Å². The number of benzene rings is 1. The highest BCUT2D eigenvalue weighted by molar-refractivity contribution is 7.90. The summed E-state index contributed by atoms with van der Waals surface area (Å²) in [5.41, 5.74) is -1.58. The van der Waals surface area contributed by atoms with Crippen LogP contribution < -0.4 is 10.6 Å². The number of sulfone groups is 1. The van der Waals surface area contributed by atoms with E-state index in [4.69, 9.17) is 5.26 Å². The highest BCUT2D eigenvalue weighted by atomic mass is 32.2. The van der Waals surface area contributed by atoms with E-state index in [0.717, 1.165) is 24.3 Å². The van der Waals surface area contributed by atoms with Crippen molar-refractivity contribution in [3.05, 3.63) is 65.7 Å². The smallest absolute Gasteiger partial charge is 0.337 e. The van der Waals surface area contributed by atoms with Crippen LogP contribution in [0.15, 0.2) is 48.8 Å². The van der Waals surface area contributed by atoms with Gasteiger partial charge in [0.25, 0.3) is 0 Å². The maximum atomic E-state index is 13.8. The maximum absolute atomic E-state index is 13.8. The second-order valence-electron chi connectivity index (χ2n) is 7.89. The van der Waals surface area contributed by atoms with Crippen molar-refractivity contribution in [2.24, 2.45) is 0 Å². The number of pyridine rings is 1. The predicted molar refractivity (Wildman–Crippen MR) is 112 cm³/mol. The summed E-state index contributed by atoms with van der Waals surface area (Å²) in [6.45, 7) is 2.63. The number of carbonyl (C=O) groups is 1. The van der Waals surface area contributed by atoms with E-state index in [1.54, 1.807) is 6.07 Å². The Balaban J connectivity index is 2.39. The lowest BCUT2D eigenvalue weighted by Gasteiger charge is -2.29. The van der Waals surface area contributed by atoms with Crippen LogP contribution in [0, 0.1) is 17.1 Å². The van der Waals surface area contributed by atoms with Gasteiger partial charge in [-0.2, -0.15) is 18.4 Å². The average Bonchev–Trinajstić information content (AvgIpc) is 2.71. The number of rotatable bonds is 9. The molecule has 0 radical (unpaired) electrons. The molecule has 2 atom stereocenters.